The van der Waals surface area contributed by atoms with Crippen LogP contribution < -0.4 is 0 Å². The van der Waals surface area contributed by atoms with Crippen LogP contribution in [0.2, 0.25) is 5.02 Å². The van der Waals surface area contributed by atoms with Gasteiger partial charge in [-0.25, -0.2) is 9.80 Å². The summed E-state index contributed by atoms with van der Waals surface area (Å²) >= 11 is 7.61. The van der Waals surface area contributed by atoms with Crippen LogP contribution in [0.4, 0.5) is 0 Å². The maximum Gasteiger partial charge on any atom is 0.339 e. The molecule has 33 heavy (non-hydrogen) atoms. The van der Waals surface area contributed by atoms with Crippen molar-refractivity contribution in [1.29, 1.82) is 0 Å². The summed E-state index contributed by atoms with van der Waals surface area (Å²) in [6, 6.07) is 10.5. The SMILES string of the molecule is C[C@@H]1CCc2c(C(=O)OCC(=O)N3N=C(c4ccc(Cl)cc4)C[C@H]3c3ccco3)csc2C1. The van der Waals surface area contributed by atoms with Crippen LogP contribution in [0, 0.1) is 5.92 Å². The number of fused-ring (bicyclic) bond motifs is 1. The lowest BCUT2D eigenvalue weighted by atomic mass is 9.88. The predicted molar refractivity (Wildman–Crippen MR) is 127 cm³/mol. The number of rotatable bonds is 5. The molecule has 0 fully saturated rings. The normalized spacial score (nSPS) is 19.8. The molecule has 0 saturated carbocycles. The van der Waals surface area contributed by atoms with Crippen LogP contribution in [0.15, 0.2) is 57.6 Å². The number of amides is 1. The highest BCUT2D eigenvalue weighted by Crippen LogP contribution is 2.35. The first-order valence-corrected chi connectivity index (χ1v) is 12.2. The monoisotopic (exact) mass is 482 g/mol. The van der Waals surface area contributed by atoms with E-state index in [1.807, 2.05) is 23.6 Å². The summed E-state index contributed by atoms with van der Waals surface area (Å²) in [5.41, 5.74) is 3.29. The summed E-state index contributed by atoms with van der Waals surface area (Å²) in [7, 11) is 0. The Morgan fingerprint density at radius 3 is 2.82 bits per heavy atom. The Balaban J connectivity index is 1.31. The van der Waals surface area contributed by atoms with Crippen molar-refractivity contribution in [3.63, 3.8) is 0 Å². The van der Waals surface area contributed by atoms with Gasteiger partial charge in [-0.15, -0.1) is 11.3 Å². The van der Waals surface area contributed by atoms with Crippen LogP contribution in [-0.4, -0.2) is 29.2 Å². The number of carbonyl (C=O) groups excluding carboxylic acids is 2. The van der Waals surface area contributed by atoms with Crippen molar-refractivity contribution in [2.45, 2.75) is 38.6 Å². The van der Waals surface area contributed by atoms with E-state index in [1.165, 1.54) is 9.89 Å². The first kappa shape index (κ1) is 21.9. The Labute approximate surface area is 200 Å². The van der Waals surface area contributed by atoms with Gasteiger partial charge < -0.3 is 9.15 Å². The summed E-state index contributed by atoms with van der Waals surface area (Å²) in [6.45, 7) is 1.85. The molecule has 0 N–H and O–H groups in total. The van der Waals surface area contributed by atoms with Crippen molar-refractivity contribution >= 4 is 40.5 Å². The van der Waals surface area contributed by atoms with Gasteiger partial charge in [-0.1, -0.05) is 30.7 Å². The molecular formula is C25H23ClN2O4S. The minimum atomic E-state index is -0.453. The van der Waals surface area contributed by atoms with Gasteiger partial charge in [0.1, 0.15) is 11.8 Å². The fourth-order valence-electron chi connectivity index (χ4n) is 4.38. The minimum Gasteiger partial charge on any atom is -0.467 e. The number of hydrazone groups is 1. The minimum absolute atomic E-state index is 0.380. The van der Waals surface area contributed by atoms with Gasteiger partial charge in [-0.2, -0.15) is 5.10 Å². The summed E-state index contributed by atoms with van der Waals surface area (Å²) in [5.74, 6) is 0.406. The summed E-state index contributed by atoms with van der Waals surface area (Å²) in [4.78, 5) is 27.1. The molecule has 6 nitrogen and oxygen atoms in total. The van der Waals surface area contributed by atoms with E-state index < -0.39 is 17.9 Å². The highest BCUT2D eigenvalue weighted by atomic mass is 35.5. The molecule has 170 valence electrons. The Kier molecular flexibility index (Phi) is 6.08. The lowest BCUT2D eigenvalue weighted by Crippen LogP contribution is -2.31. The predicted octanol–water partition coefficient (Wildman–Crippen LogP) is 5.65. The van der Waals surface area contributed by atoms with Gasteiger partial charge in [-0.3, -0.25) is 4.79 Å². The standard InChI is InChI=1S/C25H23ClN2O4S/c1-15-4-9-18-19(14-33-23(18)11-15)25(30)32-13-24(29)28-21(22-3-2-10-31-22)12-20(27-28)16-5-7-17(26)8-6-16/h2-3,5-8,10,14-15,21H,4,9,11-13H2,1H3/t15-,21+/m1/s1. The average molecular weight is 483 g/mol. The number of nitrogens with zero attached hydrogens (tertiary/aromatic N) is 2. The molecule has 1 aliphatic carbocycles. The number of benzene rings is 1. The molecule has 8 heteroatoms. The van der Waals surface area contributed by atoms with Crippen molar-refractivity contribution in [3.05, 3.63) is 80.4 Å². The van der Waals surface area contributed by atoms with Crippen LogP contribution in [0.5, 0.6) is 0 Å². The number of carbonyl (C=O) groups is 2. The van der Waals surface area contributed by atoms with Crippen LogP contribution >= 0.6 is 22.9 Å². The third-order valence-electron chi connectivity index (χ3n) is 6.16. The van der Waals surface area contributed by atoms with Crippen LogP contribution in [0.3, 0.4) is 0 Å². The van der Waals surface area contributed by atoms with E-state index in [2.05, 4.69) is 12.0 Å². The molecule has 5 rings (SSSR count). The van der Waals surface area contributed by atoms with E-state index in [0.29, 0.717) is 28.7 Å². The molecular weight excluding hydrogens is 460 g/mol. The van der Waals surface area contributed by atoms with Gasteiger partial charge in [0.15, 0.2) is 6.61 Å². The molecule has 1 aromatic carbocycles. The summed E-state index contributed by atoms with van der Waals surface area (Å²) < 4.78 is 11.0. The molecule has 2 aromatic heterocycles. The highest BCUT2D eigenvalue weighted by molar-refractivity contribution is 7.10. The third-order valence-corrected chi connectivity index (χ3v) is 7.47. The number of thiophene rings is 1. The van der Waals surface area contributed by atoms with Gasteiger partial charge in [0.25, 0.3) is 5.91 Å². The zero-order valence-corrected chi connectivity index (χ0v) is 19.7. The lowest BCUT2D eigenvalue weighted by molar-refractivity contribution is -0.136. The Bertz CT molecular complexity index is 1200. The second-order valence-electron chi connectivity index (χ2n) is 8.50. The number of hydrogen-bond acceptors (Lipinski definition) is 6. The fourth-order valence-corrected chi connectivity index (χ4v) is 5.74. The van der Waals surface area contributed by atoms with E-state index in [0.717, 1.165) is 36.1 Å². The molecule has 0 spiro atoms. The Morgan fingerprint density at radius 1 is 1.24 bits per heavy atom. The van der Waals surface area contributed by atoms with E-state index >= 15 is 0 Å². The van der Waals surface area contributed by atoms with Gasteiger partial charge in [-0.05, 0) is 60.6 Å². The Morgan fingerprint density at radius 2 is 2.06 bits per heavy atom. The van der Waals surface area contributed by atoms with Gasteiger partial charge in [0, 0.05) is 21.7 Å². The van der Waals surface area contributed by atoms with Gasteiger partial charge in [0.2, 0.25) is 0 Å². The summed E-state index contributed by atoms with van der Waals surface area (Å²) in [6.07, 6.45) is 4.99. The topological polar surface area (TPSA) is 72.1 Å². The van der Waals surface area contributed by atoms with Crippen molar-refractivity contribution in [2.24, 2.45) is 11.0 Å². The Hall–Kier alpha value is -2.90. The fraction of sp³-hybridized carbons (Fsp3) is 0.320. The van der Waals surface area contributed by atoms with E-state index in [9.17, 15) is 9.59 Å². The smallest absolute Gasteiger partial charge is 0.339 e. The zero-order valence-electron chi connectivity index (χ0n) is 18.1. The second kappa shape index (κ2) is 9.15. The molecule has 1 amide bonds. The van der Waals surface area contributed by atoms with Gasteiger partial charge >= 0.3 is 5.97 Å². The molecule has 0 bridgehead atoms. The lowest BCUT2D eigenvalue weighted by Gasteiger charge is -2.20. The van der Waals surface area contributed by atoms with Crippen molar-refractivity contribution < 1.29 is 18.7 Å². The number of hydrogen-bond donors (Lipinski definition) is 0. The largest absolute Gasteiger partial charge is 0.467 e. The number of ether oxygens (including phenoxy) is 1. The molecule has 0 radical (unpaired) electrons. The van der Waals surface area contributed by atoms with Crippen LogP contribution in [0.1, 0.15) is 57.9 Å². The maximum atomic E-state index is 13.1. The zero-order chi connectivity index (χ0) is 22.9. The van der Waals surface area contributed by atoms with Crippen LogP contribution in [-0.2, 0) is 22.4 Å². The highest BCUT2D eigenvalue weighted by Gasteiger charge is 2.35. The van der Waals surface area contributed by atoms with Crippen molar-refractivity contribution in [1.82, 2.24) is 5.01 Å². The van der Waals surface area contributed by atoms with Crippen molar-refractivity contribution in [3.8, 4) is 0 Å². The number of halogens is 1. The number of esters is 1. The van der Waals surface area contributed by atoms with Crippen LogP contribution in [0.25, 0.3) is 0 Å². The average Bonchev–Trinajstić information content (AvgIpc) is 3.56. The maximum absolute atomic E-state index is 13.1. The molecule has 2 atom stereocenters. The number of furan rings is 1. The third kappa shape index (κ3) is 4.48. The molecule has 3 aromatic rings. The van der Waals surface area contributed by atoms with E-state index in [-0.39, 0.29) is 6.61 Å². The molecule has 3 heterocycles. The first-order chi connectivity index (χ1) is 16.0. The second-order valence-corrected chi connectivity index (χ2v) is 9.90. The van der Waals surface area contributed by atoms with Gasteiger partial charge in [0.05, 0.1) is 17.5 Å². The van der Waals surface area contributed by atoms with E-state index in [4.69, 9.17) is 20.8 Å². The molecule has 0 saturated heterocycles. The quantitative estimate of drug-likeness (QED) is 0.440. The van der Waals surface area contributed by atoms with E-state index in [1.54, 1.807) is 35.8 Å². The van der Waals surface area contributed by atoms with Crippen molar-refractivity contribution in [2.75, 3.05) is 6.61 Å². The molecule has 1 aliphatic heterocycles. The first-order valence-electron chi connectivity index (χ1n) is 10.9. The molecule has 2 aliphatic rings. The molecule has 0 unspecified atom stereocenters. The summed E-state index contributed by atoms with van der Waals surface area (Å²) in [5, 5.41) is 8.40.